The molecule has 0 spiro atoms. The van der Waals surface area contributed by atoms with Gasteiger partial charge in [-0.3, -0.25) is 9.78 Å². The number of aromatic amines is 1. The molecule has 98 valence electrons. The van der Waals surface area contributed by atoms with E-state index >= 15 is 0 Å². The number of nitrogens with one attached hydrogen (secondary N) is 1. The Labute approximate surface area is 113 Å². The summed E-state index contributed by atoms with van der Waals surface area (Å²) in [6.45, 7) is 2.93. The summed E-state index contributed by atoms with van der Waals surface area (Å²) in [5, 5.41) is 11.6. The first kappa shape index (κ1) is 11.9. The van der Waals surface area contributed by atoms with Gasteiger partial charge in [-0.15, -0.1) is 0 Å². The normalized spacial score (nSPS) is 11.1. The number of aryl methyl sites for hydroxylation is 1. The Morgan fingerprint density at radius 2 is 2.26 bits per heavy atom. The fourth-order valence-corrected chi connectivity index (χ4v) is 1.88. The fourth-order valence-electron chi connectivity index (χ4n) is 1.72. The highest BCUT2D eigenvalue weighted by atomic mass is 35.5. The zero-order valence-corrected chi connectivity index (χ0v) is 10.9. The summed E-state index contributed by atoms with van der Waals surface area (Å²) in [6, 6.07) is 0. The maximum absolute atomic E-state index is 5.83. The maximum atomic E-state index is 5.83. The molecular formula is C11H11ClN6O. The molecule has 0 unspecified atom stereocenters. The van der Waals surface area contributed by atoms with E-state index in [1.165, 1.54) is 0 Å². The molecule has 0 amide bonds. The van der Waals surface area contributed by atoms with Gasteiger partial charge in [0.1, 0.15) is 5.39 Å². The number of hydrogen-bond donors (Lipinski definition) is 1. The molecule has 0 aliphatic heterocycles. The average molecular weight is 279 g/mol. The Balaban J connectivity index is 1.93. The highest BCUT2D eigenvalue weighted by molar-refractivity contribution is 6.28. The second-order valence-corrected chi connectivity index (χ2v) is 4.31. The van der Waals surface area contributed by atoms with Gasteiger partial charge in [-0.2, -0.15) is 20.2 Å². The Kier molecular flexibility index (Phi) is 3.04. The summed E-state index contributed by atoms with van der Waals surface area (Å²) >= 11 is 5.83. The SMILES string of the molecule is CCCn1cc(Oc2nc(Cl)nc3[nH]ncc23)cn1. The number of halogens is 1. The van der Waals surface area contributed by atoms with Crippen LogP contribution in [0.5, 0.6) is 11.6 Å². The van der Waals surface area contributed by atoms with Gasteiger partial charge in [0.2, 0.25) is 11.2 Å². The van der Waals surface area contributed by atoms with Crippen molar-refractivity contribution >= 4 is 22.6 Å². The zero-order valence-electron chi connectivity index (χ0n) is 10.2. The van der Waals surface area contributed by atoms with Gasteiger partial charge in [0.15, 0.2) is 11.4 Å². The highest BCUT2D eigenvalue weighted by Crippen LogP contribution is 2.26. The minimum atomic E-state index is 0.104. The summed E-state index contributed by atoms with van der Waals surface area (Å²) < 4.78 is 7.49. The van der Waals surface area contributed by atoms with Crippen LogP contribution in [0.3, 0.4) is 0 Å². The van der Waals surface area contributed by atoms with Crippen molar-refractivity contribution in [2.45, 2.75) is 19.9 Å². The molecule has 3 rings (SSSR count). The lowest BCUT2D eigenvalue weighted by Gasteiger charge is -2.02. The molecule has 0 aliphatic rings. The summed E-state index contributed by atoms with van der Waals surface area (Å²) in [7, 11) is 0. The molecule has 0 aromatic carbocycles. The fraction of sp³-hybridized carbons (Fsp3) is 0.273. The van der Waals surface area contributed by atoms with E-state index in [1.807, 2.05) is 10.9 Å². The predicted octanol–water partition coefficient (Wildman–Crippen LogP) is 2.41. The number of H-pyrrole nitrogens is 1. The molecule has 7 nitrogen and oxygen atoms in total. The first-order valence-electron chi connectivity index (χ1n) is 5.83. The molecule has 8 heteroatoms. The lowest BCUT2D eigenvalue weighted by atomic mass is 10.4. The van der Waals surface area contributed by atoms with Gasteiger partial charge < -0.3 is 4.74 Å². The van der Waals surface area contributed by atoms with Crippen molar-refractivity contribution in [3.8, 4) is 11.6 Å². The molecule has 19 heavy (non-hydrogen) atoms. The first-order chi connectivity index (χ1) is 9.26. The van der Waals surface area contributed by atoms with Crippen molar-refractivity contribution < 1.29 is 4.74 Å². The molecule has 3 aromatic rings. The molecule has 1 N–H and O–H groups in total. The quantitative estimate of drug-likeness (QED) is 0.741. The summed E-state index contributed by atoms with van der Waals surface area (Å²) in [4.78, 5) is 8.07. The second-order valence-electron chi connectivity index (χ2n) is 3.97. The Morgan fingerprint density at radius 3 is 3.11 bits per heavy atom. The lowest BCUT2D eigenvalue weighted by molar-refractivity contribution is 0.466. The Morgan fingerprint density at radius 1 is 1.37 bits per heavy atom. The molecule has 0 saturated carbocycles. The Hall–Kier alpha value is -2.15. The van der Waals surface area contributed by atoms with E-state index in [4.69, 9.17) is 16.3 Å². The van der Waals surface area contributed by atoms with Crippen LogP contribution in [-0.2, 0) is 6.54 Å². The van der Waals surface area contributed by atoms with Crippen LogP contribution in [0.15, 0.2) is 18.6 Å². The van der Waals surface area contributed by atoms with Gasteiger partial charge in [-0.1, -0.05) is 6.92 Å². The first-order valence-corrected chi connectivity index (χ1v) is 6.21. The third-order valence-electron chi connectivity index (χ3n) is 2.52. The summed E-state index contributed by atoms with van der Waals surface area (Å²) in [5.74, 6) is 0.963. The number of aromatic nitrogens is 6. The van der Waals surface area contributed by atoms with Crippen LogP contribution < -0.4 is 4.74 Å². The van der Waals surface area contributed by atoms with Crippen molar-refractivity contribution in [2.24, 2.45) is 0 Å². The third-order valence-corrected chi connectivity index (χ3v) is 2.69. The predicted molar refractivity (Wildman–Crippen MR) is 69.3 cm³/mol. The van der Waals surface area contributed by atoms with Gasteiger partial charge in [-0.05, 0) is 18.0 Å². The molecule has 0 fully saturated rings. The van der Waals surface area contributed by atoms with E-state index in [0.29, 0.717) is 22.7 Å². The molecule has 0 aliphatic carbocycles. The maximum Gasteiger partial charge on any atom is 0.234 e. The smallest absolute Gasteiger partial charge is 0.234 e. The van der Waals surface area contributed by atoms with E-state index in [2.05, 4.69) is 32.2 Å². The number of rotatable bonds is 4. The van der Waals surface area contributed by atoms with Crippen LogP contribution in [0.4, 0.5) is 0 Å². The molecule has 3 aromatic heterocycles. The molecule has 0 atom stereocenters. The van der Waals surface area contributed by atoms with Crippen LogP contribution in [0.1, 0.15) is 13.3 Å². The standard InChI is InChI=1S/C11H11ClN6O/c1-2-3-18-6-7(4-14-18)19-10-8-5-13-17-9(8)15-11(12)16-10/h4-6H,2-3H2,1H3,(H,13,15,16,17). The van der Waals surface area contributed by atoms with Gasteiger partial charge in [0, 0.05) is 6.54 Å². The van der Waals surface area contributed by atoms with Gasteiger partial charge >= 0.3 is 0 Å². The van der Waals surface area contributed by atoms with Gasteiger partial charge in [-0.25, -0.2) is 0 Å². The minimum absolute atomic E-state index is 0.104. The van der Waals surface area contributed by atoms with E-state index in [1.54, 1.807) is 12.4 Å². The molecule has 0 bridgehead atoms. The molecule has 0 radical (unpaired) electrons. The van der Waals surface area contributed by atoms with Crippen molar-refractivity contribution in [3.63, 3.8) is 0 Å². The van der Waals surface area contributed by atoms with E-state index in [-0.39, 0.29) is 5.28 Å². The topological polar surface area (TPSA) is 81.5 Å². The monoisotopic (exact) mass is 278 g/mol. The van der Waals surface area contributed by atoms with Crippen molar-refractivity contribution in [1.29, 1.82) is 0 Å². The average Bonchev–Trinajstić information content (AvgIpc) is 2.98. The molecule has 3 heterocycles. The third kappa shape index (κ3) is 2.37. The summed E-state index contributed by atoms with van der Waals surface area (Å²) in [6.07, 6.45) is 6.05. The Bertz CT molecular complexity index is 706. The van der Waals surface area contributed by atoms with Crippen LogP contribution in [0, 0.1) is 0 Å². The van der Waals surface area contributed by atoms with Crippen LogP contribution in [0.2, 0.25) is 5.28 Å². The largest absolute Gasteiger partial charge is 0.435 e. The van der Waals surface area contributed by atoms with Crippen LogP contribution in [0.25, 0.3) is 11.0 Å². The number of fused-ring (bicyclic) bond motifs is 1. The zero-order chi connectivity index (χ0) is 13.2. The van der Waals surface area contributed by atoms with Crippen molar-refractivity contribution in [1.82, 2.24) is 29.9 Å². The number of ether oxygens (including phenoxy) is 1. The van der Waals surface area contributed by atoms with Crippen LogP contribution in [-0.4, -0.2) is 29.9 Å². The van der Waals surface area contributed by atoms with E-state index in [9.17, 15) is 0 Å². The molecule has 0 saturated heterocycles. The molecular weight excluding hydrogens is 268 g/mol. The van der Waals surface area contributed by atoms with Gasteiger partial charge in [0.05, 0.1) is 18.6 Å². The van der Waals surface area contributed by atoms with Gasteiger partial charge in [0.25, 0.3) is 0 Å². The van der Waals surface area contributed by atoms with Crippen molar-refractivity contribution in [2.75, 3.05) is 0 Å². The second kappa shape index (κ2) is 4.85. The van der Waals surface area contributed by atoms with E-state index in [0.717, 1.165) is 13.0 Å². The number of nitrogens with zero attached hydrogens (tertiary/aromatic N) is 5. The van der Waals surface area contributed by atoms with E-state index < -0.39 is 0 Å². The summed E-state index contributed by atoms with van der Waals surface area (Å²) in [5.41, 5.74) is 0.538. The minimum Gasteiger partial charge on any atom is -0.435 e. The highest BCUT2D eigenvalue weighted by Gasteiger charge is 2.11. The lowest BCUT2D eigenvalue weighted by Crippen LogP contribution is -1.95. The van der Waals surface area contributed by atoms with Crippen LogP contribution >= 0.6 is 11.6 Å². The number of hydrogen-bond acceptors (Lipinski definition) is 5. The van der Waals surface area contributed by atoms with Crippen molar-refractivity contribution in [3.05, 3.63) is 23.9 Å².